The van der Waals surface area contributed by atoms with Crippen LogP contribution in [0.2, 0.25) is 0 Å². The van der Waals surface area contributed by atoms with Gasteiger partial charge in [-0.2, -0.15) is 0 Å². The first kappa shape index (κ1) is 8.97. The quantitative estimate of drug-likeness (QED) is 0.481. The molecule has 0 radical (unpaired) electrons. The van der Waals surface area contributed by atoms with Crippen molar-refractivity contribution in [1.82, 2.24) is 9.55 Å². The molecule has 0 saturated carbocycles. The summed E-state index contributed by atoms with van der Waals surface area (Å²) in [5, 5.41) is 6.90. The first-order valence-electron chi connectivity index (χ1n) is 2.57. The highest BCUT2D eigenvalue weighted by molar-refractivity contribution is 5.85. The van der Waals surface area contributed by atoms with E-state index in [0.717, 1.165) is 0 Å². The Hall–Kier alpha value is -1.03. The Bertz CT molecular complexity index is 193. The number of imidazole rings is 1. The maximum Gasteiger partial charge on any atom is 0.111 e. The number of rotatable bonds is 2. The van der Waals surface area contributed by atoms with Crippen molar-refractivity contribution in [3.63, 3.8) is 0 Å². The number of nitrogens with two attached hydrogens (primary N) is 1. The summed E-state index contributed by atoms with van der Waals surface area (Å²) >= 11 is 0. The molecule has 0 fully saturated rings. The van der Waals surface area contributed by atoms with Crippen LogP contribution in [0.3, 0.4) is 0 Å². The van der Waals surface area contributed by atoms with E-state index in [-0.39, 0.29) is 18.2 Å². The lowest BCUT2D eigenvalue weighted by Gasteiger charge is -1.95. The van der Waals surface area contributed by atoms with Gasteiger partial charge in [0.1, 0.15) is 5.84 Å². The second kappa shape index (κ2) is 3.90. The lowest BCUT2D eigenvalue weighted by Crippen LogP contribution is -2.16. The van der Waals surface area contributed by atoms with Crippen molar-refractivity contribution in [2.45, 2.75) is 6.54 Å². The molecule has 1 heterocycles. The van der Waals surface area contributed by atoms with E-state index in [1.165, 1.54) is 0 Å². The van der Waals surface area contributed by atoms with Crippen LogP contribution < -0.4 is 5.73 Å². The molecule has 0 saturated heterocycles. The largest absolute Gasteiger partial charge is 0.386 e. The van der Waals surface area contributed by atoms with Gasteiger partial charge in [-0.3, -0.25) is 5.41 Å². The molecule has 56 valence electrons. The molecule has 0 aliphatic rings. The van der Waals surface area contributed by atoms with E-state index in [1.807, 2.05) is 0 Å². The monoisotopic (exact) mass is 160 g/mol. The average Bonchev–Trinajstić information content (AvgIpc) is 2.15. The summed E-state index contributed by atoms with van der Waals surface area (Å²) in [5.41, 5.74) is 5.12. The zero-order valence-corrected chi connectivity index (χ0v) is 6.14. The lowest BCUT2D eigenvalue weighted by atomic mass is 10.6. The van der Waals surface area contributed by atoms with Crippen LogP contribution in [0.25, 0.3) is 0 Å². The van der Waals surface area contributed by atoms with E-state index in [1.54, 1.807) is 23.3 Å². The van der Waals surface area contributed by atoms with Crippen molar-refractivity contribution in [3.05, 3.63) is 18.7 Å². The molecule has 0 aliphatic carbocycles. The van der Waals surface area contributed by atoms with Gasteiger partial charge in [-0.15, -0.1) is 12.4 Å². The second-order valence-corrected chi connectivity index (χ2v) is 1.76. The molecule has 1 aromatic rings. The van der Waals surface area contributed by atoms with Gasteiger partial charge in [0.25, 0.3) is 0 Å². The highest BCUT2D eigenvalue weighted by Gasteiger charge is 1.88. The number of hydrogen-bond donors (Lipinski definition) is 2. The van der Waals surface area contributed by atoms with E-state index in [9.17, 15) is 0 Å². The number of amidine groups is 1. The summed E-state index contributed by atoms with van der Waals surface area (Å²) in [6.07, 6.45) is 5.05. The Labute approximate surface area is 65.0 Å². The van der Waals surface area contributed by atoms with Crippen LogP contribution in [0.5, 0.6) is 0 Å². The zero-order valence-electron chi connectivity index (χ0n) is 5.32. The van der Waals surface area contributed by atoms with E-state index in [4.69, 9.17) is 11.1 Å². The molecule has 0 amide bonds. The fraction of sp³-hybridized carbons (Fsp3) is 0.200. The van der Waals surface area contributed by atoms with Crippen LogP contribution in [0.15, 0.2) is 18.7 Å². The van der Waals surface area contributed by atoms with Crippen molar-refractivity contribution in [3.8, 4) is 0 Å². The van der Waals surface area contributed by atoms with Gasteiger partial charge < -0.3 is 10.3 Å². The van der Waals surface area contributed by atoms with Crippen LogP contribution in [-0.2, 0) is 6.54 Å². The summed E-state index contributed by atoms with van der Waals surface area (Å²) in [4.78, 5) is 3.79. The molecule has 0 bridgehead atoms. The van der Waals surface area contributed by atoms with Crippen LogP contribution >= 0.6 is 12.4 Å². The predicted molar refractivity (Wildman–Crippen MR) is 41.4 cm³/mol. The summed E-state index contributed by atoms with van der Waals surface area (Å²) in [7, 11) is 0. The van der Waals surface area contributed by atoms with Crippen molar-refractivity contribution >= 4 is 18.2 Å². The van der Waals surface area contributed by atoms with Gasteiger partial charge in [0, 0.05) is 12.4 Å². The Morgan fingerprint density at radius 2 is 2.40 bits per heavy atom. The predicted octanol–water partition coefficient (Wildman–Crippen LogP) is 0.241. The Morgan fingerprint density at radius 3 is 2.80 bits per heavy atom. The third-order valence-corrected chi connectivity index (χ3v) is 0.912. The number of halogens is 1. The molecule has 0 unspecified atom stereocenters. The van der Waals surface area contributed by atoms with Gasteiger partial charge in [-0.1, -0.05) is 0 Å². The maximum atomic E-state index is 6.90. The molecule has 0 aromatic carbocycles. The summed E-state index contributed by atoms with van der Waals surface area (Å²) in [6, 6.07) is 0. The standard InChI is InChI=1S/C5H8N4.ClH/c6-5(7)3-9-2-1-8-4-9;/h1-2,4H,3H2,(H3,6,7);1H. The van der Waals surface area contributed by atoms with Gasteiger partial charge in [-0.05, 0) is 0 Å². The van der Waals surface area contributed by atoms with Crippen LogP contribution in [0.4, 0.5) is 0 Å². The first-order chi connectivity index (χ1) is 4.29. The molecule has 5 heteroatoms. The van der Waals surface area contributed by atoms with E-state index in [2.05, 4.69) is 4.98 Å². The summed E-state index contributed by atoms with van der Waals surface area (Å²) < 4.78 is 1.74. The minimum absolute atomic E-state index is 0. The van der Waals surface area contributed by atoms with Gasteiger partial charge in [0.15, 0.2) is 0 Å². The molecule has 4 nitrogen and oxygen atoms in total. The average molecular weight is 161 g/mol. The normalized spacial score (nSPS) is 8.40. The fourth-order valence-corrected chi connectivity index (χ4v) is 0.577. The molecule has 10 heavy (non-hydrogen) atoms. The van der Waals surface area contributed by atoms with Crippen LogP contribution in [0.1, 0.15) is 0 Å². The van der Waals surface area contributed by atoms with Gasteiger partial charge in [0.2, 0.25) is 0 Å². The minimum atomic E-state index is 0. The topological polar surface area (TPSA) is 67.7 Å². The molecule has 1 rings (SSSR count). The smallest absolute Gasteiger partial charge is 0.111 e. The second-order valence-electron chi connectivity index (χ2n) is 1.76. The molecule has 0 spiro atoms. The molecular weight excluding hydrogens is 152 g/mol. The van der Waals surface area contributed by atoms with E-state index >= 15 is 0 Å². The van der Waals surface area contributed by atoms with Gasteiger partial charge in [0.05, 0.1) is 12.9 Å². The Kier molecular flexibility index (Phi) is 3.49. The highest BCUT2D eigenvalue weighted by atomic mass is 35.5. The third kappa shape index (κ3) is 2.50. The Balaban J connectivity index is 0.000000810. The maximum absolute atomic E-state index is 6.90. The SMILES string of the molecule is Cl.N=C(N)Cn1ccnc1. The van der Waals surface area contributed by atoms with Crippen LogP contribution in [0, 0.1) is 5.41 Å². The van der Waals surface area contributed by atoms with Crippen molar-refractivity contribution < 1.29 is 0 Å². The summed E-state index contributed by atoms with van der Waals surface area (Å²) in [5.74, 6) is 0.146. The first-order valence-corrected chi connectivity index (χ1v) is 2.57. The summed E-state index contributed by atoms with van der Waals surface area (Å²) in [6.45, 7) is 0.431. The van der Waals surface area contributed by atoms with E-state index < -0.39 is 0 Å². The molecule has 3 N–H and O–H groups in total. The van der Waals surface area contributed by atoms with E-state index in [0.29, 0.717) is 6.54 Å². The Morgan fingerprint density at radius 1 is 1.70 bits per heavy atom. The van der Waals surface area contributed by atoms with Crippen molar-refractivity contribution in [2.75, 3.05) is 0 Å². The number of aromatic nitrogens is 2. The van der Waals surface area contributed by atoms with Crippen molar-refractivity contribution in [2.24, 2.45) is 5.73 Å². The zero-order chi connectivity index (χ0) is 6.69. The third-order valence-electron chi connectivity index (χ3n) is 0.912. The highest BCUT2D eigenvalue weighted by Crippen LogP contribution is 1.82. The molecule has 0 atom stereocenters. The lowest BCUT2D eigenvalue weighted by molar-refractivity contribution is 0.840. The van der Waals surface area contributed by atoms with Gasteiger partial charge >= 0.3 is 0 Å². The number of hydrogen-bond acceptors (Lipinski definition) is 2. The molecule has 1 aromatic heterocycles. The van der Waals surface area contributed by atoms with Crippen LogP contribution in [-0.4, -0.2) is 15.4 Å². The molecular formula is C5H9ClN4. The number of nitrogens with one attached hydrogen (secondary N) is 1. The fourth-order valence-electron chi connectivity index (χ4n) is 0.577. The minimum Gasteiger partial charge on any atom is -0.386 e. The van der Waals surface area contributed by atoms with Gasteiger partial charge in [-0.25, -0.2) is 4.98 Å². The number of nitrogens with zero attached hydrogens (tertiary/aromatic N) is 2. The molecule has 0 aliphatic heterocycles. The van der Waals surface area contributed by atoms with Crippen molar-refractivity contribution in [1.29, 1.82) is 5.41 Å².